The molecule has 7 N–H and O–H groups in total. The van der Waals surface area contributed by atoms with Gasteiger partial charge in [0.1, 0.15) is 18.3 Å². The summed E-state index contributed by atoms with van der Waals surface area (Å²) in [6.07, 6.45) is -5.08. The molecule has 0 bridgehead atoms. The van der Waals surface area contributed by atoms with Gasteiger partial charge < -0.3 is 35.8 Å². The van der Waals surface area contributed by atoms with Gasteiger partial charge in [0.05, 0.1) is 20.8 Å². The second-order valence-electron chi connectivity index (χ2n) is 4.73. The molecule has 1 aliphatic rings. The third-order valence-electron chi connectivity index (χ3n) is 3.31. The molecule has 1 fully saturated rings. The molecule has 1 aliphatic heterocycles. The van der Waals surface area contributed by atoms with E-state index in [1.807, 2.05) is 0 Å². The topological polar surface area (TPSA) is 153 Å². The SMILES string of the molecule is COc1[nH+]c(N)c(NC2OC[C@@H](O)[C@H](O)[C@H]2O)c(=O)n1C. The number of methoxy groups -OCH3 is 1. The number of ether oxygens (including phenoxy) is 2. The molecule has 1 aromatic rings. The molecule has 1 unspecified atom stereocenters. The van der Waals surface area contributed by atoms with Crippen LogP contribution in [-0.4, -0.2) is 58.1 Å². The lowest BCUT2D eigenvalue weighted by Crippen LogP contribution is -2.56. The maximum atomic E-state index is 12.2. The highest BCUT2D eigenvalue weighted by Crippen LogP contribution is 2.19. The number of nitrogens with two attached hydrogens (primary N) is 1. The van der Waals surface area contributed by atoms with Crippen molar-refractivity contribution in [2.75, 3.05) is 24.8 Å². The molecule has 10 heteroatoms. The number of aliphatic hydroxyl groups excluding tert-OH is 3. The second kappa shape index (κ2) is 5.85. The Hall–Kier alpha value is -1.88. The maximum Gasteiger partial charge on any atom is 0.399 e. The molecule has 0 radical (unpaired) electrons. The van der Waals surface area contributed by atoms with Crippen LogP contribution in [0, 0.1) is 0 Å². The molecule has 0 spiro atoms. The highest BCUT2D eigenvalue weighted by atomic mass is 16.5. The Morgan fingerprint density at radius 3 is 2.71 bits per heavy atom. The van der Waals surface area contributed by atoms with E-state index >= 15 is 0 Å². The van der Waals surface area contributed by atoms with Crippen molar-refractivity contribution in [1.29, 1.82) is 0 Å². The minimum Gasteiger partial charge on any atom is -0.446 e. The fourth-order valence-electron chi connectivity index (χ4n) is 2.04. The number of nitrogens with one attached hydrogen (secondary N) is 2. The number of H-pyrrole nitrogens is 1. The number of rotatable bonds is 3. The van der Waals surface area contributed by atoms with Crippen LogP contribution in [0.2, 0.25) is 0 Å². The molecule has 10 nitrogen and oxygen atoms in total. The molecule has 0 aromatic carbocycles. The number of hydrogen-bond donors (Lipinski definition) is 5. The fraction of sp³-hybridized carbons (Fsp3) is 0.636. The van der Waals surface area contributed by atoms with Crippen LogP contribution in [0.4, 0.5) is 11.5 Å². The molecule has 118 valence electrons. The normalized spacial score (nSPS) is 29.2. The molecular formula is C11H19N4O6+. The standard InChI is InChI=1S/C11H18N4O6/c1-15-10(19)5(8(12)14-11(15)20-2)13-9-7(18)6(17)4(16)3-21-9/h4,6-7,9,13,16-18H,3,12H2,1-2H3/p+1/t4-,6+,7-,9?/m1/s1. The summed E-state index contributed by atoms with van der Waals surface area (Å²) in [5.41, 5.74) is 5.19. The first-order chi connectivity index (χ1) is 9.86. The van der Waals surface area contributed by atoms with E-state index in [9.17, 15) is 20.1 Å². The first-order valence-corrected chi connectivity index (χ1v) is 6.25. The van der Waals surface area contributed by atoms with Crippen molar-refractivity contribution in [3.8, 4) is 6.01 Å². The number of aromatic amines is 1. The molecule has 4 atom stereocenters. The first kappa shape index (κ1) is 15.5. The molecule has 0 aliphatic carbocycles. The van der Waals surface area contributed by atoms with E-state index in [-0.39, 0.29) is 24.1 Å². The molecule has 21 heavy (non-hydrogen) atoms. The van der Waals surface area contributed by atoms with Gasteiger partial charge >= 0.3 is 11.6 Å². The highest BCUT2D eigenvalue weighted by molar-refractivity contribution is 5.57. The van der Waals surface area contributed by atoms with Gasteiger partial charge in [-0.25, -0.2) is 9.78 Å². The molecule has 2 heterocycles. The van der Waals surface area contributed by atoms with E-state index in [4.69, 9.17) is 15.2 Å². The Labute approximate surface area is 119 Å². The molecule has 1 aromatic heterocycles. The number of nitrogen functional groups attached to an aromatic ring is 1. The first-order valence-electron chi connectivity index (χ1n) is 6.25. The van der Waals surface area contributed by atoms with E-state index < -0.39 is 30.1 Å². The number of aromatic nitrogens is 2. The van der Waals surface area contributed by atoms with Crippen molar-refractivity contribution in [1.82, 2.24) is 4.57 Å². The van der Waals surface area contributed by atoms with Crippen LogP contribution in [0.5, 0.6) is 6.01 Å². The minimum absolute atomic E-state index is 0.00800. The van der Waals surface area contributed by atoms with Gasteiger partial charge in [-0.3, -0.25) is 0 Å². The summed E-state index contributed by atoms with van der Waals surface area (Å²) in [4.78, 5) is 14.8. The van der Waals surface area contributed by atoms with Crippen LogP contribution in [0.3, 0.4) is 0 Å². The summed E-state index contributed by atoms with van der Waals surface area (Å²) < 4.78 is 11.3. The average Bonchev–Trinajstić information content (AvgIpc) is 2.47. The smallest absolute Gasteiger partial charge is 0.399 e. The fourth-order valence-corrected chi connectivity index (χ4v) is 2.04. The van der Waals surface area contributed by atoms with Crippen LogP contribution in [0.15, 0.2) is 4.79 Å². The van der Waals surface area contributed by atoms with Gasteiger partial charge in [-0.1, -0.05) is 0 Å². The van der Waals surface area contributed by atoms with Crippen molar-refractivity contribution < 1.29 is 29.8 Å². The zero-order chi connectivity index (χ0) is 15.7. The lowest BCUT2D eigenvalue weighted by atomic mass is 10.0. The summed E-state index contributed by atoms with van der Waals surface area (Å²) in [5.74, 6) is -0.00800. The highest BCUT2D eigenvalue weighted by Gasteiger charge is 2.38. The Bertz CT molecular complexity index is 577. The van der Waals surface area contributed by atoms with Crippen LogP contribution in [0.25, 0.3) is 0 Å². The second-order valence-corrected chi connectivity index (χ2v) is 4.73. The van der Waals surface area contributed by atoms with E-state index in [0.717, 1.165) is 0 Å². The van der Waals surface area contributed by atoms with Crippen LogP contribution >= 0.6 is 0 Å². The molecule has 0 amide bonds. The number of anilines is 2. The van der Waals surface area contributed by atoms with E-state index in [1.165, 1.54) is 18.7 Å². The summed E-state index contributed by atoms with van der Waals surface area (Å²) in [5, 5.41) is 31.4. The van der Waals surface area contributed by atoms with Crippen molar-refractivity contribution in [3.63, 3.8) is 0 Å². The summed E-state index contributed by atoms with van der Waals surface area (Å²) in [6.45, 7) is -0.185. The van der Waals surface area contributed by atoms with E-state index in [2.05, 4.69) is 10.3 Å². The van der Waals surface area contributed by atoms with Crippen molar-refractivity contribution in [2.24, 2.45) is 7.05 Å². The molecule has 1 saturated heterocycles. The Kier molecular flexibility index (Phi) is 4.32. The lowest BCUT2D eigenvalue weighted by Gasteiger charge is -2.35. The van der Waals surface area contributed by atoms with Crippen LogP contribution < -0.4 is 26.3 Å². The van der Waals surface area contributed by atoms with Gasteiger partial charge in [-0.2, -0.15) is 4.57 Å². The van der Waals surface area contributed by atoms with Gasteiger partial charge in [0.15, 0.2) is 11.9 Å². The zero-order valence-corrected chi connectivity index (χ0v) is 11.6. The van der Waals surface area contributed by atoms with E-state index in [1.54, 1.807) is 0 Å². The lowest BCUT2D eigenvalue weighted by molar-refractivity contribution is -0.384. The van der Waals surface area contributed by atoms with Crippen LogP contribution in [-0.2, 0) is 11.8 Å². The zero-order valence-electron chi connectivity index (χ0n) is 11.6. The largest absolute Gasteiger partial charge is 0.446 e. The Morgan fingerprint density at radius 2 is 2.10 bits per heavy atom. The van der Waals surface area contributed by atoms with Gasteiger partial charge in [0, 0.05) is 0 Å². The summed E-state index contributed by atoms with van der Waals surface area (Å²) in [6, 6.07) is 0.156. The third kappa shape index (κ3) is 2.78. The predicted molar refractivity (Wildman–Crippen MR) is 70.6 cm³/mol. The Balaban J connectivity index is 2.28. The quantitative estimate of drug-likeness (QED) is 0.388. The summed E-state index contributed by atoms with van der Waals surface area (Å²) >= 11 is 0. The molecule has 2 rings (SSSR count). The third-order valence-corrected chi connectivity index (χ3v) is 3.31. The van der Waals surface area contributed by atoms with Crippen molar-refractivity contribution >= 4 is 11.5 Å². The monoisotopic (exact) mass is 303 g/mol. The van der Waals surface area contributed by atoms with Gasteiger partial charge in [-0.15, -0.1) is 0 Å². The molecular weight excluding hydrogens is 284 g/mol. The predicted octanol–water partition coefficient (Wildman–Crippen LogP) is -3.36. The van der Waals surface area contributed by atoms with Crippen molar-refractivity contribution in [3.05, 3.63) is 10.4 Å². The number of aliphatic hydroxyl groups is 3. The summed E-state index contributed by atoms with van der Waals surface area (Å²) in [7, 11) is 2.85. The average molecular weight is 303 g/mol. The molecule has 0 saturated carbocycles. The van der Waals surface area contributed by atoms with Crippen molar-refractivity contribution in [2.45, 2.75) is 24.5 Å². The van der Waals surface area contributed by atoms with Crippen LogP contribution in [0.1, 0.15) is 0 Å². The van der Waals surface area contributed by atoms with Gasteiger partial charge in [-0.05, 0) is 0 Å². The maximum absolute atomic E-state index is 12.2. The number of nitrogens with zero attached hydrogens (tertiary/aromatic N) is 1. The van der Waals surface area contributed by atoms with Gasteiger partial charge in [0.2, 0.25) is 0 Å². The van der Waals surface area contributed by atoms with E-state index in [0.29, 0.717) is 0 Å². The minimum atomic E-state index is -1.42. The Morgan fingerprint density at radius 1 is 1.43 bits per heavy atom. The van der Waals surface area contributed by atoms with Gasteiger partial charge in [0.25, 0.3) is 5.82 Å². The number of hydrogen-bond acceptors (Lipinski definition) is 8.